The molecule has 6 aliphatic heterocycles. The number of halogens is 3. The van der Waals surface area contributed by atoms with Crippen LogP contribution in [0.4, 0.5) is 18.4 Å². The van der Waals surface area contributed by atoms with E-state index in [0.717, 1.165) is 0 Å². The predicted molar refractivity (Wildman–Crippen MR) is 310 cm³/mol. The molecule has 2 aromatic heterocycles. The van der Waals surface area contributed by atoms with Crippen LogP contribution in [0.25, 0.3) is 0 Å². The van der Waals surface area contributed by atoms with Crippen LogP contribution in [0.3, 0.4) is 0 Å². The van der Waals surface area contributed by atoms with E-state index in [0.29, 0.717) is 109 Å². The highest BCUT2D eigenvalue weighted by Gasteiger charge is 2.53. The Morgan fingerprint density at radius 1 is 0.679 bits per heavy atom. The molecule has 8 heterocycles. The number of benzene rings is 2. The summed E-state index contributed by atoms with van der Waals surface area (Å²) >= 11 is 9.14. The number of piperazine rings is 2. The Hall–Kier alpha value is -7.39. The van der Waals surface area contributed by atoms with Crippen LogP contribution in [0.1, 0.15) is 80.3 Å². The normalized spacial score (nSPS) is 23.0. The lowest BCUT2D eigenvalue weighted by molar-refractivity contribution is -0.148. The molecule has 84 heavy (non-hydrogen) atoms. The maximum Gasteiger partial charge on any atom is 0.338 e. The number of nitrogens with zero attached hydrogens (tertiary/aromatic N) is 10. The van der Waals surface area contributed by atoms with Crippen molar-refractivity contribution in [1.82, 2.24) is 50.0 Å². The number of rotatable bonds is 16. The van der Waals surface area contributed by atoms with Gasteiger partial charge in [0.25, 0.3) is 0 Å². The number of thiazole rings is 2. The Morgan fingerprint density at radius 3 is 1.50 bits per heavy atom. The van der Waals surface area contributed by atoms with Crippen LogP contribution >= 0.6 is 34.3 Å². The molecular formula is C57H67ClF2N12O10S2. The second kappa shape index (κ2) is 23.9. The van der Waals surface area contributed by atoms with Crippen molar-refractivity contribution in [2.75, 3.05) is 92.8 Å². The Balaban J connectivity index is 0.000000202. The number of aromatic nitrogens is 2. The van der Waals surface area contributed by atoms with E-state index >= 15 is 0 Å². The maximum absolute atomic E-state index is 14.7. The standard InChI is InChI=1S/C29H35FN6O5S.C28H32ClFN6O5S/c1-17-18(7-6-8-19(17)30)22-21(25(37)41-5)20(32-23(33-22)24-31-9-12-42-24)13-34-10-11-36-27(40)35(16-29(36,4)15-34)14-28(2,3)26(38)39;1-27(2,25(38)39)13-35-15-28(3)14-34(9-10-36(28)26(35)40)12-18-19(24(37)41-4)21(16-6-5-7-17(30)20(16)29)33-22(32-18)23-31-8-11-42-23/h6-9,12,22H,10-11,13-16H2,1-5H3,(H,32,33)(H,38,39);5-8,11,21H,9-10,12-15H2,1-4H3,(H,32,33)(H,38,39)/t22-,29-;21-,28-/m00/s1. The monoisotopic (exact) mass is 1220 g/mol. The SMILES string of the molecule is COC(=O)C1=C(CN2CCN3C(=O)N(CC(C)(C)C(=O)O)C[C@]3(C)C2)NC(c2nccs2)=N[C@H]1c1cccc(F)c1C.COC(=O)C1=C(CN2CCN3C(=O)N(CC(C)(C)C(=O)O)C[C@]3(C)C2)NC(c2nccs2)=N[C@H]1c1cccc(F)c1Cl. The number of amides is 4. The van der Waals surface area contributed by atoms with E-state index < -0.39 is 69.5 Å². The second-order valence-corrected chi connectivity index (χ2v) is 25.6. The van der Waals surface area contributed by atoms with Gasteiger partial charge >= 0.3 is 35.9 Å². The number of aliphatic carboxylic acids is 2. The second-order valence-electron chi connectivity index (χ2n) is 23.4. The van der Waals surface area contributed by atoms with Crippen LogP contribution < -0.4 is 10.6 Å². The molecule has 2 aromatic carbocycles. The van der Waals surface area contributed by atoms with Crippen LogP contribution in [-0.2, 0) is 28.7 Å². The number of carbonyl (C=O) groups is 6. The summed E-state index contributed by atoms with van der Waals surface area (Å²) in [6.45, 7) is 16.5. The van der Waals surface area contributed by atoms with Gasteiger partial charge in [0.05, 0.1) is 52.3 Å². The first-order valence-corrected chi connectivity index (χ1v) is 29.2. The molecule has 10 rings (SSSR count). The Labute approximate surface area is 497 Å². The van der Waals surface area contributed by atoms with Crippen LogP contribution in [0.15, 0.2) is 92.1 Å². The highest BCUT2D eigenvalue weighted by atomic mass is 35.5. The number of urea groups is 2. The molecule has 4 N–H and O–H groups in total. The van der Waals surface area contributed by atoms with Gasteiger partial charge in [-0.05, 0) is 71.7 Å². The van der Waals surface area contributed by atoms with E-state index in [-0.39, 0.29) is 47.9 Å². The molecule has 0 saturated carbocycles. The number of methoxy groups -OCH3 is 2. The number of hydrogen-bond acceptors (Lipinski definition) is 18. The first kappa shape index (κ1) is 61.2. The lowest BCUT2D eigenvalue weighted by atomic mass is 9.91. The van der Waals surface area contributed by atoms with E-state index in [2.05, 4.69) is 30.4 Å². The van der Waals surface area contributed by atoms with Gasteiger partial charge in [-0.2, -0.15) is 0 Å². The number of nitrogens with one attached hydrogen (secondary N) is 2. The number of fused-ring (bicyclic) bond motifs is 2. The van der Waals surface area contributed by atoms with Gasteiger partial charge in [0, 0.05) is 119 Å². The van der Waals surface area contributed by atoms with Gasteiger partial charge in [-0.3, -0.25) is 29.4 Å². The third-order valence-corrected chi connectivity index (χ3v) is 18.0. The van der Waals surface area contributed by atoms with Crippen molar-refractivity contribution >= 4 is 81.9 Å². The van der Waals surface area contributed by atoms with Crippen LogP contribution in [0, 0.1) is 29.4 Å². The first-order chi connectivity index (χ1) is 39.7. The van der Waals surface area contributed by atoms with Crippen LogP contribution in [0.2, 0.25) is 5.02 Å². The highest BCUT2D eigenvalue weighted by molar-refractivity contribution is 7.12. The van der Waals surface area contributed by atoms with Crippen molar-refractivity contribution < 1.29 is 57.2 Å². The molecule has 0 unspecified atom stereocenters. The fourth-order valence-corrected chi connectivity index (χ4v) is 13.1. The summed E-state index contributed by atoms with van der Waals surface area (Å²) in [4.78, 5) is 106. The smallest absolute Gasteiger partial charge is 0.338 e. The summed E-state index contributed by atoms with van der Waals surface area (Å²) in [7, 11) is 2.58. The van der Waals surface area contributed by atoms with Crippen LogP contribution in [0.5, 0.6) is 0 Å². The fraction of sp³-hybridized carbons (Fsp3) is 0.474. The summed E-state index contributed by atoms with van der Waals surface area (Å²) < 4.78 is 39.6. The number of esters is 2. The minimum absolute atomic E-state index is 0.0934. The number of carboxylic acids is 2. The molecule has 4 saturated heterocycles. The van der Waals surface area contributed by atoms with Crippen molar-refractivity contribution in [2.24, 2.45) is 20.8 Å². The summed E-state index contributed by atoms with van der Waals surface area (Å²) in [5.74, 6) is -3.26. The number of ether oxygens (including phenoxy) is 2. The quantitative estimate of drug-likeness (QED) is 0.0885. The lowest BCUT2D eigenvalue weighted by Gasteiger charge is -2.44. The molecule has 0 spiro atoms. The zero-order chi connectivity index (χ0) is 60.8. The van der Waals surface area contributed by atoms with Gasteiger partial charge in [0.15, 0.2) is 21.7 Å². The average molecular weight is 1220 g/mol. The van der Waals surface area contributed by atoms with E-state index in [9.17, 15) is 47.8 Å². The molecule has 448 valence electrons. The number of aliphatic imine (C=N–C) groups is 2. The number of amidine groups is 2. The number of hydrogen-bond donors (Lipinski definition) is 4. The molecule has 4 amide bonds. The summed E-state index contributed by atoms with van der Waals surface area (Å²) in [5, 5.41) is 30.5. The van der Waals surface area contributed by atoms with E-state index in [4.69, 9.17) is 31.1 Å². The van der Waals surface area contributed by atoms with E-state index in [1.807, 2.05) is 24.1 Å². The third kappa shape index (κ3) is 12.1. The van der Waals surface area contributed by atoms with Crippen molar-refractivity contribution in [3.63, 3.8) is 0 Å². The topological polar surface area (TPSA) is 255 Å². The minimum Gasteiger partial charge on any atom is -0.481 e. The molecule has 6 aliphatic rings. The maximum atomic E-state index is 14.7. The summed E-state index contributed by atoms with van der Waals surface area (Å²) in [5.41, 5.74) is -0.485. The molecule has 22 nitrogen and oxygen atoms in total. The fourth-order valence-electron chi connectivity index (χ4n) is 11.7. The first-order valence-electron chi connectivity index (χ1n) is 27.0. The zero-order valence-corrected chi connectivity index (χ0v) is 50.4. The Kier molecular flexibility index (Phi) is 17.4. The lowest BCUT2D eigenvalue weighted by Crippen LogP contribution is -2.60. The Bertz CT molecular complexity index is 3180. The van der Waals surface area contributed by atoms with Gasteiger partial charge in [0.2, 0.25) is 0 Å². The molecule has 27 heteroatoms. The minimum atomic E-state index is -1.09. The van der Waals surface area contributed by atoms with Gasteiger partial charge in [-0.15, -0.1) is 22.7 Å². The highest BCUT2D eigenvalue weighted by Crippen LogP contribution is 2.41. The van der Waals surface area contributed by atoms with Crippen LogP contribution in [-0.4, -0.2) is 201 Å². The summed E-state index contributed by atoms with van der Waals surface area (Å²) in [6, 6.07) is 6.99. The van der Waals surface area contributed by atoms with Crippen molar-refractivity contribution in [3.05, 3.63) is 125 Å². The van der Waals surface area contributed by atoms with E-state index in [1.165, 1.54) is 55.1 Å². The predicted octanol–water partition coefficient (Wildman–Crippen LogP) is 6.41. The summed E-state index contributed by atoms with van der Waals surface area (Å²) in [6.07, 6.45) is 3.31. The molecule has 4 aromatic rings. The molecule has 0 bridgehead atoms. The molecular weight excluding hydrogens is 1150 g/mol. The molecule has 4 fully saturated rings. The molecule has 4 atom stereocenters. The van der Waals surface area contributed by atoms with Gasteiger partial charge in [0.1, 0.15) is 23.7 Å². The largest absolute Gasteiger partial charge is 0.481 e. The number of carbonyl (C=O) groups excluding carboxylic acids is 4. The van der Waals surface area contributed by atoms with Crippen molar-refractivity contribution in [3.8, 4) is 0 Å². The van der Waals surface area contributed by atoms with Gasteiger partial charge in [-0.1, -0.05) is 35.9 Å². The van der Waals surface area contributed by atoms with Crippen molar-refractivity contribution in [2.45, 2.75) is 71.6 Å². The molecule has 0 radical (unpaired) electrons. The number of carboxylic acid groups (broad SMARTS) is 2. The van der Waals surface area contributed by atoms with Crippen molar-refractivity contribution in [1.29, 1.82) is 0 Å². The molecule has 0 aliphatic carbocycles. The van der Waals surface area contributed by atoms with Gasteiger partial charge < -0.3 is 49.9 Å². The zero-order valence-electron chi connectivity index (χ0n) is 48.0. The Morgan fingerprint density at radius 2 is 1.10 bits per heavy atom. The van der Waals surface area contributed by atoms with Gasteiger partial charge in [-0.25, -0.2) is 37.9 Å². The average Bonchev–Trinajstić information content (AvgIpc) is 2.37. The van der Waals surface area contributed by atoms with E-state index in [1.54, 1.807) is 85.3 Å². The third-order valence-electron chi connectivity index (χ3n) is 16.1.